The van der Waals surface area contributed by atoms with Crippen LogP contribution in [0.4, 0.5) is 11.5 Å². The summed E-state index contributed by atoms with van der Waals surface area (Å²) in [7, 11) is -2.93. The zero-order valence-corrected chi connectivity index (χ0v) is 15.0. The van der Waals surface area contributed by atoms with Crippen LogP contribution in [0.2, 0.25) is 0 Å². The Morgan fingerprint density at radius 3 is 2.65 bits per heavy atom. The van der Waals surface area contributed by atoms with E-state index in [0.29, 0.717) is 24.5 Å². The van der Waals surface area contributed by atoms with Gasteiger partial charge in [-0.15, -0.1) is 0 Å². The number of ether oxygens (including phenoxy) is 1. The van der Waals surface area contributed by atoms with Crippen molar-refractivity contribution in [3.8, 4) is 5.75 Å². The van der Waals surface area contributed by atoms with E-state index in [1.165, 1.54) is 0 Å². The highest BCUT2D eigenvalue weighted by molar-refractivity contribution is 7.91. The largest absolute Gasteiger partial charge is 0.493 e. The maximum absolute atomic E-state index is 11.9. The fourth-order valence-corrected chi connectivity index (χ4v) is 4.35. The first-order valence-electron chi connectivity index (χ1n) is 8.41. The average molecular weight is 375 g/mol. The minimum Gasteiger partial charge on any atom is -0.493 e. The quantitative estimate of drug-likeness (QED) is 0.769. The molecule has 2 N–H and O–H groups in total. The van der Waals surface area contributed by atoms with E-state index in [2.05, 4.69) is 15.6 Å². The Kier molecular flexibility index (Phi) is 5.72. The van der Waals surface area contributed by atoms with E-state index < -0.39 is 9.84 Å². The molecule has 1 aromatic carbocycles. The van der Waals surface area contributed by atoms with E-state index in [4.69, 9.17) is 4.74 Å². The fraction of sp³-hybridized carbons (Fsp3) is 0.333. The summed E-state index contributed by atoms with van der Waals surface area (Å²) in [6.07, 6.45) is 2.36. The van der Waals surface area contributed by atoms with Crippen molar-refractivity contribution in [2.45, 2.75) is 18.9 Å². The molecule has 1 amide bonds. The van der Waals surface area contributed by atoms with Gasteiger partial charge in [0.25, 0.3) is 0 Å². The third kappa shape index (κ3) is 5.45. The number of rotatable bonds is 7. The molecule has 7 nitrogen and oxygen atoms in total. The molecule has 138 valence electrons. The Hall–Kier alpha value is -2.61. The lowest BCUT2D eigenvalue weighted by Crippen LogP contribution is -2.21. The Morgan fingerprint density at radius 1 is 1.19 bits per heavy atom. The summed E-state index contributed by atoms with van der Waals surface area (Å²) in [5.74, 6) is 1.51. The molecular formula is C18H21N3O4S. The van der Waals surface area contributed by atoms with Gasteiger partial charge in [0.2, 0.25) is 5.91 Å². The number of hydrogen-bond acceptors (Lipinski definition) is 6. The van der Waals surface area contributed by atoms with Crippen molar-refractivity contribution < 1.29 is 17.9 Å². The van der Waals surface area contributed by atoms with Crippen molar-refractivity contribution in [3.63, 3.8) is 0 Å². The molecule has 1 aromatic heterocycles. The van der Waals surface area contributed by atoms with Crippen LogP contribution in [0.5, 0.6) is 5.75 Å². The van der Waals surface area contributed by atoms with Crippen molar-refractivity contribution in [2.24, 2.45) is 0 Å². The van der Waals surface area contributed by atoms with E-state index in [1.54, 1.807) is 18.3 Å². The number of anilines is 2. The lowest BCUT2D eigenvalue weighted by atomic mass is 10.2. The molecule has 2 heterocycles. The molecule has 0 aliphatic carbocycles. The molecule has 3 rings (SSSR count). The van der Waals surface area contributed by atoms with Crippen molar-refractivity contribution >= 4 is 27.2 Å². The Bertz CT molecular complexity index is 838. The molecule has 2 aromatic rings. The molecule has 26 heavy (non-hydrogen) atoms. The van der Waals surface area contributed by atoms with Gasteiger partial charge in [-0.1, -0.05) is 18.2 Å². The number of para-hydroxylation sites is 1. The molecule has 1 fully saturated rings. The van der Waals surface area contributed by atoms with E-state index in [0.717, 1.165) is 5.75 Å². The SMILES string of the molecule is O=C(CCOc1ccccc1)Nc1ccc(NC2CCS(=O)(=O)C2)nc1. The van der Waals surface area contributed by atoms with Gasteiger partial charge in [0.1, 0.15) is 11.6 Å². The van der Waals surface area contributed by atoms with E-state index in [1.807, 2.05) is 30.3 Å². The van der Waals surface area contributed by atoms with Crippen LogP contribution in [0.3, 0.4) is 0 Å². The van der Waals surface area contributed by atoms with Crippen LogP contribution in [0.25, 0.3) is 0 Å². The number of amides is 1. The van der Waals surface area contributed by atoms with Crippen LogP contribution < -0.4 is 15.4 Å². The first-order valence-corrected chi connectivity index (χ1v) is 10.2. The molecular weight excluding hydrogens is 354 g/mol. The van der Waals surface area contributed by atoms with E-state index in [-0.39, 0.29) is 29.9 Å². The standard InChI is InChI=1S/C18H21N3O4S/c22-18(8-10-25-16-4-2-1-3-5-16)21-14-6-7-17(19-12-14)20-15-9-11-26(23,24)13-15/h1-7,12,15H,8-11,13H2,(H,19,20)(H,21,22). The minimum absolute atomic E-state index is 0.108. The third-order valence-corrected chi connectivity index (χ3v) is 5.74. The lowest BCUT2D eigenvalue weighted by molar-refractivity contribution is -0.116. The molecule has 0 radical (unpaired) electrons. The Labute approximate surface area is 152 Å². The number of sulfone groups is 1. The number of carbonyl (C=O) groups is 1. The summed E-state index contributed by atoms with van der Waals surface area (Å²) in [5, 5.41) is 5.86. The summed E-state index contributed by atoms with van der Waals surface area (Å²) in [6.45, 7) is 0.291. The zero-order valence-electron chi connectivity index (χ0n) is 14.2. The predicted octanol–water partition coefficient (Wildman–Crippen LogP) is 2.09. The summed E-state index contributed by atoms with van der Waals surface area (Å²) >= 11 is 0. The van der Waals surface area contributed by atoms with Crippen LogP contribution in [0.15, 0.2) is 48.7 Å². The predicted molar refractivity (Wildman–Crippen MR) is 100 cm³/mol. The van der Waals surface area contributed by atoms with Crippen LogP contribution in [-0.4, -0.2) is 43.5 Å². The number of aromatic nitrogens is 1. The zero-order chi connectivity index (χ0) is 18.4. The highest BCUT2D eigenvalue weighted by Crippen LogP contribution is 2.17. The first kappa shape index (κ1) is 18.2. The van der Waals surface area contributed by atoms with Gasteiger partial charge >= 0.3 is 0 Å². The van der Waals surface area contributed by atoms with Gasteiger partial charge in [-0.05, 0) is 30.7 Å². The summed E-state index contributed by atoms with van der Waals surface area (Å²) in [4.78, 5) is 16.2. The first-order chi connectivity index (χ1) is 12.5. The van der Waals surface area contributed by atoms with Gasteiger partial charge in [-0.3, -0.25) is 4.79 Å². The topological polar surface area (TPSA) is 97.4 Å². The second kappa shape index (κ2) is 8.18. The van der Waals surface area contributed by atoms with Gasteiger partial charge in [-0.2, -0.15) is 0 Å². The summed E-state index contributed by atoms with van der Waals surface area (Å²) < 4.78 is 28.4. The maximum Gasteiger partial charge on any atom is 0.227 e. The normalized spacial score (nSPS) is 18.2. The van der Waals surface area contributed by atoms with Crippen molar-refractivity contribution in [1.82, 2.24) is 4.98 Å². The molecule has 1 saturated heterocycles. The second-order valence-electron chi connectivity index (χ2n) is 6.14. The molecule has 0 bridgehead atoms. The number of nitrogens with zero attached hydrogens (tertiary/aromatic N) is 1. The molecule has 1 aliphatic heterocycles. The number of carbonyl (C=O) groups excluding carboxylic acids is 1. The van der Waals surface area contributed by atoms with Gasteiger partial charge in [0.05, 0.1) is 36.4 Å². The number of pyridine rings is 1. The second-order valence-corrected chi connectivity index (χ2v) is 8.36. The number of nitrogens with one attached hydrogen (secondary N) is 2. The highest BCUT2D eigenvalue weighted by Gasteiger charge is 2.27. The van der Waals surface area contributed by atoms with Crippen molar-refractivity contribution in [2.75, 3.05) is 28.7 Å². The van der Waals surface area contributed by atoms with Crippen LogP contribution in [0.1, 0.15) is 12.8 Å². The van der Waals surface area contributed by atoms with E-state index in [9.17, 15) is 13.2 Å². The van der Waals surface area contributed by atoms with Gasteiger partial charge in [-0.25, -0.2) is 13.4 Å². The van der Waals surface area contributed by atoms with Gasteiger partial charge in [0.15, 0.2) is 9.84 Å². The Balaban J connectivity index is 1.43. The number of hydrogen-bond donors (Lipinski definition) is 2. The smallest absolute Gasteiger partial charge is 0.227 e. The molecule has 1 atom stereocenters. The average Bonchev–Trinajstić information content (AvgIpc) is 2.96. The van der Waals surface area contributed by atoms with Crippen molar-refractivity contribution in [3.05, 3.63) is 48.7 Å². The minimum atomic E-state index is -2.93. The fourth-order valence-electron chi connectivity index (χ4n) is 2.67. The molecule has 1 unspecified atom stereocenters. The number of benzene rings is 1. The lowest BCUT2D eigenvalue weighted by Gasteiger charge is -2.12. The third-order valence-electron chi connectivity index (χ3n) is 3.97. The summed E-state index contributed by atoms with van der Waals surface area (Å²) in [6, 6.07) is 12.7. The van der Waals surface area contributed by atoms with Crippen molar-refractivity contribution in [1.29, 1.82) is 0 Å². The molecule has 1 aliphatic rings. The maximum atomic E-state index is 11.9. The summed E-state index contributed by atoms with van der Waals surface area (Å²) in [5.41, 5.74) is 0.583. The molecule has 0 saturated carbocycles. The van der Waals surface area contributed by atoms with E-state index >= 15 is 0 Å². The molecule has 8 heteroatoms. The van der Waals surface area contributed by atoms with Crippen LogP contribution in [-0.2, 0) is 14.6 Å². The van der Waals surface area contributed by atoms with Crippen LogP contribution >= 0.6 is 0 Å². The Morgan fingerprint density at radius 2 is 2.00 bits per heavy atom. The van der Waals surface area contributed by atoms with Gasteiger partial charge < -0.3 is 15.4 Å². The van der Waals surface area contributed by atoms with Gasteiger partial charge in [0, 0.05) is 6.04 Å². The highest BCUT2D eigenvalue weighted by atomic mass is 32.2. The van der Waals surface area contributed by atoms with Crippen LogP contribution in [0, 0.1) is 0 Å². The monoisotopic (exact) mass is 375 g/mol. The molecule has 0 spiro atoms.